The number of anilines is 1. The van der Waals surface area contributed by atoms with Gasteiger partial charge >= 0.3 is 0 Å². The SMILES string of the molecule is Cc1cc(C)c(-c2ccc(SCC(=O)Nc3cccc(Cl)c3Cl)nn2)cc1C. The smallest absolute Gasteiger partial charge is 0.234 e. The summed E-state index contributed by atoms with van der Waals surface area (Å²) in [6, 6.07) is 13.2. The van der Waals surface area contributed by atoms with Crippen molar-refractivity contribution in [3.8, 4) is 11.3 Å². The summed E-state index contributed by atoms with van der Waals surface area (Å²) in [5.74, 6) is 0.00421. The third-order valence-electron chi connectivity index (χ3n) is 4.33. The monoisotopic (exact) mass is 431 g/mol. The van der Waals surface area contributed by atoms with Crippen molar-refractivity contribution >= 4 is 46.6 Å². The number of carbonyl (C=O) groups is 1. The molecule has 7 heteroatoms. The lowest BCUT2D eigenvalue weighted by molar-refractivity contribution is -0.113. The van der Waals surface area contributed by atoms with Crippen molar-refractivity contribution in [2.75, 3.05) is 11.1 Å². The minimum Gasteiger partial charge on any atom is -0.324 e. The number of hydrogen-bond donors (Lipinski definition) is 1. The summed E-state index contributed by atoms with van der Waals surface area (Å²) in [7, 11) is 0. The van der Waals surface area contributed by atoms with Crippen molar-refractivity contribution in [1.29, 1.82) is 0 Å². The Hall–Kier alpha value is -2.08. The number of aromatic nitrogens is 2. The minimum atomic E-state index is -0.190. The molecule has 1 amide bonds. The van der Waals surface area contributed by atoms with Crippen LogP contribution in [0.3, 0.4) is 0 Å². The second kappa shape index (κ2) is 8.95. The van der Waals surface area contributed by atoms with E-state index < -0.39 is 0 Å². The molecular weight excluding hydrogens is 413 g/mol. The van der Waals surface area contributed by atoms with Gasteiger partial charge in [0.25, 0.3) is 0 Å². The lowest BCUT2D eigenvalue weighted by atomic mass is 9.99. The molecule has 0 aliphatic carbocycles. The van der Waals surface area contributed by atoms with Gasteiger partial charge in [0.05, 0.1) is 27.2 Å². The zero-order chi connectivity index (χ0) is 20.3. The molecule has 0 bridgehead atoms. The van der Waals surface area contributed by atoms with E-state index in [0.717, 1.165) is 16.8 Å². The van der Waals surface area contributed by atoms with E-state index in [1.54, 1.807) is 18.2 Å². The fourth-order valence-corrected chi connectivity index (χ4v) is 3.67. The van der Waals surface area contributed by atoms with Gasteiger partial charge in [-0.2, -0.15) is 0 Å². The maximum atomic E-state index is 12.2. The molecule has 1 N–H and O–H groups in total. The third-order valence-corrected chi connectivity index (χ3v) is 6.07. The zero-order valence-corrected chi connectivity index (χ0v) is 18.0. The number of thioether (sulfide) groups is 1. The largest absolute Gasteiger partial charge is 0.324 e. The van der Waals surface area contributed by atoms with Gasteiger partial charge in [-0.3, -0.25) is 4.79 Å². The van der Waals surface area contributed by atoms with E-state index in [4.69, 9.17) is 23.2 Å². The van der Waals surface area contributed by atoms with Gasteiger partial charge in [-0.25, -0.2) is 0 Å². The maximum absolute atomic E-state index is 12.2. The van der Waals surface area contributed by atoms with E-state index in [2.05, 4.69) is 48.4 Å². The fourth-order valence-electron chi connectivity index (χ4n) is 2.70. The van der Waals surface area contributed by atoms with Crippen LogP contribution in [0.25, 0.3) is 11.3 Å². The van der Waals surface area contributed by atoms with Gasteiger partial charge in [-0.1, -0.05) is 47.1 Å². The van der Waals surface area contributed by atoms with E-state index in [9.17, 15) is 4.79 Å². The number of hydrogen-bond acceptors (Lipinski definition) is 4. The molecule has 1 heterocycles. The van der Waals surface area contributed by atoms with Crippen molar-refractivity contribution in [2.24, 2.45) is 0 Å². The van der Waals surface area contributed by atoms with Crippen LogP contribution in [-0.4, -0.2) is 21.9 Å². The van der Waals surface area contributed by atoms with Gasteiger partial charge in [-0.15, -0.1) is 10.2 Å². The molecular formula is C21H19Cl2N3OS. The lowest BCUT2D eigenvalue weighted by Crippen LogP contribution is -2.14. The number of halogens is 2. The average Bonchev–Trinajstić information content (AvgIpc) is 2.67. The number of carbonyl (C=O) groups excluding carboxylic acids is 1. The van der Waals surface area contributed by atoms with Crippen LogP contribution < -0.4 is 5.32 Å². The molecule has 0 spiro atoms. The molecule has 144 valence electrons. The van der Waals surface area contributed by atoms with E-state index in [1.807, 2.05) is 12.1 Å². The Kier molecular flexibility index (Phi) is 6.60. The van der Waals surface area contributed by atoms with Crippen LogP contribution in [0, 0.1) is 20.8 Å². The number of aryl methyl sites for hydroxylation is 3. The highest BCUT2D eigenvalue weighted by Gasteiger charge is 2.11. The van der Waals surface area contributed by atoms with Crippen LogP contribution in [0.1, 0.15) is 16.7 Å². The standard InChI is InChI=1S/C21H19Cl2N3OS/c1-12-9-14(3)15(10-13(12)2)17-7-8-20(26-25-17)28-11-19(27)24-18-6-4-5-16(22)21(18)23/h4-10H,11H2,1-3H3,(H,24,27). The van der Waals surface area contributed by atoms with Crippen LogP contribution >= 0.6 is 35.0 Å². The molecule has 3 aromatic rings. The van der Waals surface area contributed by atoms with Gasteiger partial charge in [0.15, 0.2) is 0 Å². The normalized spacial score (nSPS) is 10.8. The van der Waals surface area contributed by atoms with Crippen molar-refractivity contribution < 1.29 is 4.79 Å². The van der Waals surface area contributed by atoms with Crippen molar-refractivity contribution in [2.45, 2.75) is 25.8 Å². The van der Waals surface area contributed by atoms with Crippen LogP contribution in [-0.2, 0) is 4.79 Å². The molecule has 2 aromatic carbocycles. The molecule has 0 saturated heterocycles. The Morgan fingerprint density at radius 2 is 1.75 bits per heavy atom. The molecule has 0 fully saturated rings. The Bertz CT molecular complexity index is 1020. The third kappa shape index (κ3) is 4.85. The predicted octanol–water partition coefficient (Wildman–Crippen LogP) is 6.11. The van der Waals surface area contributed by atoms with Crippen LogP contribution in [0.15, 0.2) is 47.5 Å². The first-order valence-electron chi connectivity index (χ1n) is 8.64. The summed E-state index contributed by atoms with van der Waals surface area (Å²) >= 11 is 13.4. The van der Waals surface area contributed by atoms with Gasteiger partial charge in [-0.05, 0) is 67.8 Å². The van der Waals surface area contributed by atoms with Crippen molar-refractivity contribution in [3.05, 3.63) is 69.2 Å². The number of rotatable bonds is 5. The summed E-state index contributed by atoms with van der Waals surface area (Å²) in [4.78, 5) is 12.2. The predicted molar refractivity (Wildman–Crippen MR) is 117 cm³/mol. The number of amides is 1. The molecule has 0 aliphatic rings. The first kappa shape index (κ1) is 20.6. The summed E-state index contributed by atoms with van der Waals surface area (Å²) in [5, 5.41) is 12.7. The number of benzene rings is 2. The summed E-state index contributed by atoms with van der Waals surface area (Å²) < 4.78 is 0. The second-order valence-corrected chi connectivity index (χ2v) is 8.23. The molecule has 0 radical (unpaired) electrons. The molecule has 0 atom stereocenters. The molecule has 0 saturated carbocycles. The Labute approximate surface area is 178 Å². The molecule has 28 heavy (non-hydrogen) atoms. The highest BCUT2D eigenvalue weighted by Crippen LogP contribution is 2.30. The maximum Gasteiger partial charge on any atom is 0.234 e. The van der Waals surface area contributed by atoms with E-state index in [0.29, 0.717) is 20.8 Å². The quantitative estimate of drug-likeness (QED) is 0.495. The van der Waals surface area contributed by atoms with Gasteiger partial charge in [0, 0.05) is 5.56 Å². The van der Waals surface area contributed by atoms with E-state index >= 15 is 0 Å². The minimum absolute atomic E-state index is 0.190. The van der Waals surface area contributed by atoms with E-state index in [1.165, 1.54) is 22.9 Å². The van der Waals surface area contributed by atoms with Gasteiger partial charge < -0.3 is 5.32 Å². The van der Waals surface area contributed by atoms with Crippen molar-refractivity contribution in [1.82, 2.24) is 10.2 Å². The first-order valence-corrected chi connectivity index (χ1v) is 10.4. The van der Waals surface area contributed by atoms with Crippen LogP contribution in [0.5, 0.6) is 0 Å². The highest BCUT2D eigenvalue weighted by atomic mass is 35.5. The summed E-state index contributed by atoms with van der Waals surface area (Å²) in [6.07, 6.45) is 0. The second-order valence-electron chi connectivity index (χ2n) is 6.45. The first-order chi connectivity index (χ1) is 13.3. The molecule has 3 rings (SSSR count). The molecule has 0 aliphatic heterocycles. The molecule has 0 unspecified atom stereocenters. The Balaban J connectivity index is 1.64. The van der Waals surface area contributed by atoms with Crippen LogP contribution in [0.2, 0.25) is 10.0 Å². The topological polar surface area (TPSA) is 54.9 Å². The number of nitrogens with zero attached hydrogens (tertiary/aromatic N) is 2. The lowest BCUT2D eigenvalue weighted by Gasteiger charge is -2.10. The van der Waals surface area contributed by atoms with Gasteiger partial charge in [0.1, 0.15) is 5.03 Å². The average molecular weight is 432 g/mol. The van der Waals surface area contributed by atoms with Gasteiger partial charge in [0.2, 0.25) is 5.91 Å². The highest BCUT2D eigenvalue weighted by molar-refractivity contribution is 7.99. The van der Waals surface area contributed by atoms with Crippen molar-refractivity contribution in [3.63, 3.8) is 0 Å². The summed E-state index contributed by atoms with van der Waals surface area (Å²) in [6.45, 7) is 6.25. The molecule has 4 nitrogen and oxygen atoms in total. The zero-order valence-electron chi connectivity index (χ0n) is 15.7. The van der Waals surface area contributed by atoms with Crippen LogP contribution in [0.4, 0.5) is 5.69 Å². The van der Waals surface area contributed by atoms with E-state index in [-0.39, 0.29) is 11.7 Å². The Morgan fingerprint density at radius 1 is 1.00 bits per heavy atom. The fraction of sp³-hybridized carbons (Fsp3) is 0.190. The number of nitrogens with one attached hydrogen (secondary N) is 1. The molecule has 1 aromatic heterocycles. The summed E-state index contributed by atoms with van der Waals surface area (Å²) in [5.41, 5.74) is 6.02. The Morgan fingerprint density at radius 3 is 2.46 bits per heavy atom.